The number of ether oxygens (including phenoxy) is 1. The van der Waals surface area contributed by atoms with Gasteiger partial charge in [0.15, 0.2) is 0 Å². The Balaban J connectivity index is 2.11. The van der Waals surface area contributed by atoms with Crippen LogP contribution >= 0.6 is 15.9 Å². The van der Waals surface area contributed by atoms with Gasteiger partial charge in [0.05, 0.1) is 12.8 Å². The molecule has 20 heavy (non-hydrogen) atoms. The summed E-state index contributed by atoms with van der Waals surface area (Å²) in [5.74, 6) is 1.75. The molecule has 2 aromatic rings. The van der Waals surface area contributed by atoms with Gasteiger partial charge in [0, 0.05) is 28.2 Å². The molecule has 0 fully saturated rings. The van der Waals surface area contributed by atoms with Gasteiger partial charge in [0.25, 0.3) is 0 Å². The summed E-state index contributed by atoms with van der Waals surface area (Å²) in [6.07, 6.45) is 0. The van der Waals surface area contributed by atoms with E-state index in [0.29, 0.717) is 6.54 Å². The monoisotopic (exact) mass is 338 g/mol. The Morgan fingerprint density at radius 3 is 2.75 bits per heavy atom. The lowest BCUT2D eigenvalue weighted by atomic mass is 10.1. The lowest BCUT2D eigenvalue weighted by molar-refractivity contribution is 0.390. The Morgan fingerprint density at radius 2 is 2.15 bits per heavy atom. The molecule has 1 atom stereocenters. The zero-order chi connectivity index (χ0) is 14.7. The van der Waals surface area contributed by atoms with Crippen molar-refractivity contribution in [3.8, 4) is 5.75 Å². The van der Waals surface area contributed by atoms with Crippen LogP contribution in [-0.4, -0.2) is 12.3 Å². The highest BCUT2D eigenvalue weighted by molar-refractivity contribution is 9.10. The van der Waals surface area contributed by atoms with E-state index >= 15 is 0 Å². The molecule has 0 amide bonds. The van der Waals surface area contributed by atoms with Gasteiger partial charge in [-0.15, -0.1) is 0 Å². The van der Waals surface area contributed by atoms with Crippen molar-refractivity contribution in [1.29, 1.82) is 0 Å². The topological polar surface area (TPSA) is 47.3 Å². The minimum absolute atomic E-state index is 0.171. The van der Waals surface area contributed by atoms with Crippen molar-refractivity contribution in [2.45, 2.75) is 33.4 Å². The maximum Gasteiger partial charge on any atom is 0.138 e. The predicted molar refractivity (Wildman–Crippen MR) is 81.9 cm³/mol. The fraction of sp³-hybridized carbons (Fsp3) is 0.400. The quantitative estimate of drug-likeness (QED) is 0.897. The van der Waals surface area contributed by atoms with E-state index in [0.717, 1.165) is 32.8 Å². The molecule has 1 unspecified atom stereocenters. The van der Waals surface area contributed by atoms with Crippen LogP contribution in [-0.2, 0) is 6.54 Å². The van der Waals surface area contributed by atoms with Crippen LogP contribution in [0.25, 0.3) is 0 Å². The predicted octanol–water partition coefficient (Wildman–Crippen LogP) is 3.91. The normalized spacial score (nSPS) is 12.4. The first kappa shape index (κ1) is 15.1. The number of hydrogen-bond donors (Lipinski definition) is 1. The van der Waals surface area contributed by atoms with Crippen LogP contribution in [0.2, 0.25) is 0 Å². The number of aromatic nitrogens is 1. The third-order valence-corrected chi connectivity index (χ3v) is 3.86. The fourth-order valence-electron chi connectivity index (χ4n) is 2.36. The molecule has 0 aliphatic carbocycles. The Kier molecular flexibility index (Phi) is 4.83. The maximum atomic E-state index is 5.38. The smallest absolute Gasteiger partial charge is 0.138 e. The molecule has 2 rings (SSSR count). The molecule has 4 nitrogen and oxygen atoms in total. The van der Waals surface area contributed by atoms with Crippen molar-refractivity contribution < 1.29 is 9.26 Å². The van der Waals surface area contributed by atoms with Gasteiger partial charge < -0.3 is 14.6 Å². The molecule has 108 valence electrons. The number of nitrogens with zero attached hydrogens (tertiary/aromatic N) is 1. The van der Waals surface area contributed by atoms with E-state index in [4.69, 9.17) is 9.26 Å². The summed E-state index contributed by atoms with van der Waals surface area (Å²) in [6.45, 7) is 6.72. The van der Waals surface area contributed by atoms with Gasteiger partial charge in [-0.1, -0.05) is 21.1 Å². The Morgan fingerprint density at radius 1 is 1.40 bits per heavy atom. The molecule has 0 saturated heterocycles. The summed E-state index contributed by atoms with van der Waals surface area (Å²) in [4.78, 5) is 0. The lowest BCUT2D eigenvalue weighted by Crippen LogP contribution is -2.19. The molecule has 0 saturated carbocycles. The lowest BCUT2D eigenvalue weighted by Gasteiger charge is -2.15. The van der Waals surface area contributed by atoms with E-state index in [1.54, 1.807) is 7.11 Å². The molecular formula is C15H19BrN2O2. The van der Waals surface area contributed by atoms with E-state index in [1.807, 2.05) is 26.0 Å². The first-order valence-corrected chi connectivity index (χ1v) is 7.30. The number of halogens is 1. The van der Waals surface area contributed by atoms with Gasteiger partial charge in [0.1, 0.15) is 11.5 Å². The van der Waals surface area contributed by atoms with Gasteiger partial charge in [-0.25, -0.2) is 0 Å². The Bertz CT molecular complexity index is 576. The number of methoxy groups -OCH3 is 1. The second-order valence-electron chi connectivity index (χ2n) is 4.80. The second kappa shape index (κ2) is 6.41. The van der Waals surface area contributed by atoms with Crippen molar-refractivity contribution in [1.82, 2.24) is 10.5 Å². The van der Waals surface area contributed by atoms with Gasteiger partial charge in [-0.3, -0.25) is 0 Å². The van der Waals surface area contributed by atoms with E-state index in [2.05, 4.69) is 39.4 Å². The van der Waals surface area contributed by atoms with E-state index in [1.165, 1.54) is 0 Å². The van der Waals surface area contributed by atoms with Gasteiger partial charge >= 0.3 is 0 Å². The Hall–Kier alpha value is -1.33. The van der Waals surface area contributed by atoms with Crippen LogP contribution in [0.5, 0.6) is 5.75 Å². The van der Waals surface area contributed by atoms with Crippen LogP contribution in [0.3, 0.4) is 0 Å². The van der Waals surface area contributed by atoms with Crippen molar-refractivity contribution in [3.05, 3.63) is 45.3 Å². The number of aryl methyl sites for hydroxylation is 2. The zero-order valence-corrected chi connectivity index (χ0v) is 13.7. The molecule has 0 aliphatic heterocycles. The minimum Gasteiger partial charge on any atom is -0.496 e. The highest BCUT2D eigenvalue weighted by Crippen LogP contribution is 2.25. The van der Waals surface area contributed by atoms with E-state index in [-0.39, 0.29) is 6.04 Å². The molecule has 1 heterocycles. The number of benzene rings is 1. The average molecular weight is 339 g/mol. The fourth-order valence-corrected chi connectivity index (χ4v) is 2.77. The molecule has 1 N–H and O–H groups in total. The van der Waals surface area contributed by atoms with Crippen LogP contribution in [0.4, 0.5) is 0 Å². The van der Waals surface area contributed by atoms with Gasteiger partial charge in [-0.2, -0.15) is 0 Å². The number of hydrogen-bond acceptors (Lipinski definition) is 4. The Labute approximate surface area is 127 Å². The molecular weight excluding hydrogens is 320 g/mol. The van der Waals surface area contributed by atoms with Crippen molar-refractivity contribution in [2.75, 3.05) is 7.11 Å². The summed E-state index contributed by atoms with van der Waals surface area (Å²) in [7, 11) is 1.68. The molecule has 0 spiro atoms. The summed E-state index contributed by atoms with van der Waals surface area (Å²) in [6, 6.07) is 6.16. The van der Waals surface area contributed by atoms with Crippen LogP contribution in [0, 0.1) is 13.8 Å². The van der Waals surface area contributed by atoms with Gasteiger partial charge in [-0.05, 0) is 39.0 Å². The average Bonchev–Trinajstić information content (AvgIpc) is 2.76. The van der Waals surface area contributed by atoms with E-state index in [9.17, 15) is 0 Å². The molecule has 1 aromatic heterocycles. The second-order valence-corrected chi connectivity index (χ2v) is 5.71. The van der Waals surface area contributed by atoms with Gasteiger partial charge in [0.2, 0.25) is 0 Å². The summed E-state index contributed by atoms with van der Waals surface area (Å²) < 4.78 is 11.6. The van der Waals surface area contributed by atoms with Crippen molar-refractivity contribution >= 4 is 15.9 Å². The molecule has 0 aliphatic rings. The highest BCUT2D eigenvalue weighted by atomic mass is 79.9. The van der Waals surface area contributed by atoms with Crippen LogP contribution in [0.1, 0.15) is 35.5 Å². The van der Waals surface area contributed by atoms with Crippen molar-refractivity contribution in [2.24, 2.45) is 0 Å². The zero-order valence-electron chi connectivity index (χ0n) is 12.2. The number of nitrogens with one attached hydrogen (secondary N) is 1. The highest BCUT2D eigenvalue weighted by Gasteiger charge is 2.16. The summed E-state index contributed by atoms with van der Waals surface area (Å²) in [5.41, 5.74) is 3.17. The first-order chi connectivity index (χ1) is 9.52. The molecule has 0 bridgehead atoms. The summed E-state index contributed by atoms with van der Waals surface area (Å²) >= 11 is 3.49. The first-order valence-electron chi connectivity index (χ1n) is 6.51. The SMILES string of the molecule is COc1ccc(Br)cc1CNC(C)c1c(C)noc1C. The molecule has 5 heteroatoms. The number of rotatable bonds is 5. The molecule has 1 aromatic carbocycles. The van der Waals surface area contributed by atoms with Crippen molar-refractivity contribution in [3.63, 3.8) is 0 Å². The maximum absolute atomic E-state index is 5.38. The third kappa shape index (κ3) is 3.22. The summed E-state index contributed by atoms with van der Waals surface area (Å²) in [5, 5.41) is 7.48. The third-order valence-electron chi connectivity index (χ3n) is 3.36. The largest absolute Gasteiger partial charge is 0.496 e. The molecule has 0 radical (unpaired) electrons. The van der Waals surface area contributed by atoms with Crippen LogP contribution in [0.15, 0.2) is 27.2 Å². The minimum atomic E-state index is 0.171. The van der Waals surface area contributed by atoms with Crippen LogP contribution < -0.4 is 10.1 Å². The standard InChI is InChI=1S/C15H19BrN2O2/c1-9(15-10(2)18-20-11(15)3)17-8-12-7-13(16)5-6-14(12)19-4/h5-7,9,17H,8H2,1-4H3. The van der Waals surface area contributed by atoms with E-state index < -0.39 is 0 Å².